The van der Waals surface area contributed by atoms with E-state index in [-0.39, 0.29) is 23.3 Å². The fraction of sp³-hybridized carbons (Fsp3) is 0.200. The van der Waals surface area contributed by atoms with Gasteiger partial charge in [-0.05, 0) is 83.5 Å². The van der Waals surface area contributed by atoms with E-state index in [0.717, 1.165) is 38.9 Å². The van der Waals surface area contributed by atoms with Crippen molar-refractivity contribution >= 4 is 0 Å². The maximum absolute atomic E-state index is 10.0. The Morgan fingerprint density at radius 1 is 0.455 bits per heavy atom. The van der Waals surface area contributed by atoms with E-state index in [1.807, 2.05) is 57.2 Å². The fourth-order valence-electron chi connectivity index (χ4n) is 4.41. The van der Waals surface area contributed by atoms with Gasteiger partial charge in [0.2, 0.25) is 0 Å². The Labute approximate surface area is 195 Å². The van der Waals surface area contributed by atoms with Crippen LogP contribution in [0, 0.1) is 20.8 Å². The van der Waals surface area contributed by atoms with Crippen LogP contribution in [0.4, 0.5) is 0 Å². The third-order valence-electron chi connectivity index (χ3n) is 6.60. The Kier molecular flexibility index (Phi) is 6.15. The summed E-state index contributed by atoms with van der Waals surface area (Å²) in [5.41, 5.74) is 8.23. The van der Waals surface area contributed by atoms with Gasteiger partial charge in [0.25, 0.3) is 0 Å². The van der Waals surface area contributed by atoms with Crippen molar-refractivity contribution in [2.75, 3.05) is 0 Å². The molecule has 0 saturated carbocycles. The van der Waals surface area contributed by atoms with Gasteiger partial charge in [0.05, 0.1) is 0 Å². The Morgan fingerprint density at radius 3 is 1.21 bits per heavy atom. The van der Waals surface area contributed by atoms with E-state index in [1.165, 1.54) is 5.56 Å². The lowest BCUT2D eigenvalue weighted by atomic mass is 9.82. The second-order valence-corrected chi connectivity index (χ2v) is 8.96. The molecule has 0 radical (unpaired) electrons. The summed E-state index contributed by atoms with van der Waals surface area (Å²) in [5, 5.41) is 29.9. The third kappa shape index (κ3) is 4.58. The van der Waals surface area contributed by atoms with Gasteiger partial charge >= 0.3 is 0 Å². The van der Waals surface area contributed by atoms with Gasteiger partial charge in [-0.15, -0.1) is 0 Å². The minimum Gasteiger partial charge on any atom is -0.508 e. The molecule has 0 amide bonds. The Balaban J connectivity index is 1.74. The van der Waals surface area contributed by atoms with Crippen molar-refractivity contribution in [1.29, 1.82) is 0 Å². The van der Waals surface area contributed by atoms with E-state index in [9.17, 15) is 15.3 Å². The maximum Gasteiger partial charge on any atom is 0.118 e. The highest BCUT2D eigenvalue weighted by atomic mass is 16.3. The molecule has 3 N–H and O–H groups in total. The monoisotopic (exact) mass is 438 g/mol. The van der Waals surface area contributed by atoms with Crippen LogP contribution < -0.4 is 0 Å². The van der Waals surface area contributed by atoms with Crippen molar-refractivity contribution in [3.05, 3.63) is 123 Å². The van der Waals surface area contributed by atoms with Crippen LogP contribution in [0.2, 0.25) is 0 Å². The highest BCUT2D eigenvalue weighted by molar-refractivity contribution is 5.50. The summed E-state index contributed by atoms with van der Waals surface area (Å²) in [4.78, 5) is 0. The molecule has 0 aliphatic carbocycles. The SMILES string of the molecule is Cc1cc(C(C)c2ccc(C(c3ccc(O)c(C)c3)c3ccc(O)c(C)c3)cc2)ccc1O. The zero-order valence-electron chi connectivity index (χ0n) is 19.5. The summed E-state index contributed by atoms with van der Waals surface area (Å²) in [6, 6.07) is 25.9. The molecule has 0 saturated heterocycles. The number of aromatic hydroxyl groups is 3. The van der Waals surface area contributed by atoms with E-state index < -0.39 is 0 Å². The quantitative estimate of drug-likeness (QED) is 0.292. The molecule has 33 heavy (non-hydrogen) atoms. The van der Waals surface area contributed by atoms with Crippen molar-refractivity contribution in [3.63, 3.8) is 0 Å². The van der Waals surface area contributed by atoms with Crippen LogP contribution in [0.1, 0.15) is 63.3 Å². The molecule has 3 heteroatoms. The molecule has 0 spiro atoms. The van der Waals surface area contributed by atoms with Gasteiger partial charge < -0.3 is 15.3 Å². The lowest BCUT2D eigenvalue weighted by Gasteiger charge is -2.22. The van der Waals surface area contributed by atoms with Crippen LogP contribution in [-0.2, 0) is 0 Å². The number of hydrogen-bond acceptors (Lipinski definition) is 3. The van der Waals surface area contributed by atoms with Gasteiger partial charge in [-0.3, -0.25) is 0 Å². The molecule has 0 aliphatic heterocycles. The molecule has 0 fully saturated rings. The molecule has 168 valence electrons. The first-order valence-electron chi connectivity index (χ1n) is 11.2. The van der Waals surface area contributed by atoms with Crippen molar-refractivity contribution in [2.24, 2.45) is 0 Å². The summed E-state index contributed by atoms with van der Waals surface area (Å²) < 4.78 is 0. The smallest absolute Gasteiger partial charge is 0.118 e. The standard InChI is InChI=1S/C30H30O3/c1-18-15-24(9-12-27(18)31)21(4)22-5-7-23(8-6-22)30(25-10-13-28(32)19(2)16-25)26-11-14-29(33)20(3)17-26/h5-17,21,30-33H,1-4H3. The molecule has 3 nitrogen and oxygen atoms in total. The normalized spacial score (nSPS) is 12.2. The molecule has 1 atom stereocenters. The molecule has 0 heterocycles. The molecular formula is C30H30O3. The third-order valence-corrected chi connectivity index (χ3v) is 6.60. The first kappa shape index (κ1) is 22.5. The predicted octanol–water partition coefficient (Wildman–Crippen LogP) is 7.06. The van der Waals surface area contributed by atoms with Crippen LogP contribution in [0.3, 0.4) is 0 Å². The number of benzene rings is 4. The van der Waals surface area contributed by atoms with E-state index in [0.29, 0.717) is 5.75 Å². The average Bonchev–Trinajstić information content (AvgIpc) is 2.80. The van der Waals surface area contributed by atoms with Crippen LogP contribution in [0.15, 0.2) is 78.9 Å². The van der Waals surface area contributed by atoms with Gasteiger partial charge in [-0.25, -0.2) is 0 Å². The Morgan fingerprint density at radius 2 is 0.788 bits per heavy atom. The maximum atomic E-state index is 10.0. The molecular weight excluding hydrogens is 408 g/mol. The zero-order chi connectivity index (χ0) is 23.7. The number of aryl methyl sites for hydroxylation is 3. The first-order valence-corrected chi connectivity index (χ1v) is 11.2. The van der Waals surface area contributed by atoms with Crippen LogP contribution in [-0.4, -0.2) is 15.3 Å². The molecule has 1 unspecified atom stereocenters. The minimum absolute atomic E-state index is 0.0242. The van der Waals surface area contributed by atoms with Crippen LogP contribution in [0.5, 0.6) is 17.2 Å². The lowest BCUT2D eigenvalue weighted by Crippen LogP contribution is -2.05. The molecule has 0 bridgehead atoms. The highest BCUT2D eigenvalue weighted by Crippen LogP contribution is 2.37. The summed E-state index contributed by atoms with van der Waals surface area (Å²) >= 11 is 0. The molecule has 0 aromatic heterocycles. The largest absolute Gasteiger partial charge is 0.508 e. The topological polar surface area (TPSA) is 60.7 Å². The van der Waals surface area contributed by atoms with E-state index in [1.54, 1.807) is 18.2 Å². The van der Waals surface area contributed by atoms with Gasteiger partial charge in [0, 0.05) is 11.8 Å². The predicted molar refractivity (Wildman–Crippen MR) is 133 cm³/mol. The summed E-state index contributed by atoms with van der Waals surface area (Å²) in [7, 11) is 0. The van der Waals surface area contributed by atoms with Crippen LogP contribution >= 0.6 is 0 Å². The van der Waals surface area contributed by atoms with E-state index in [4.69, 9.17) is 0 Å². The summed E-state index contributed by atoms with van der Waals surface area (Å²) in [5.74, 6) is 1.06. The molecule has 0 aliphatic rings. The van der Waals surface area contributed by atoms with Gasteiger partial charge in [-0.2, -0.15) is 0 Å². The van der Waals surface area contributed by atoms with Gasteiger partial charge in [0.15, 0.2) is 0 Å². The molecule has 4 aromatic carbocycles. The average molecular weight is 439 g/mol. The fourth-order valence-corrected chi connectivity index (χ4v) is 4.41. The molecule has 4 rings (SSSR count). The van der Waals surface area contributed by atoms with Crippen molar-refractivity contribution in [2.45, 2.75) is 39.5 Å². The Hall–Kier alpha value is -3.72. The number of phenolic OH excluding ortho intramolecular Hbond substituents is 3. The highest BCUT2D eigenvalue weighted by Gasteiger charge is 2.19. The van der Waals surface area contributed by atoms with Crippen molar-refractivity contribution in [1.82, 2.24) is 0 Å². The number of rotatable bonds is 5. The number of hydrogen-bond donors (Lipinski definition) is 3. The second kappa shape index (κ2) is 9.03. The summed E-state index contributed by atoms with van der Waals surface area (Å²) in [6.07, 6.45) is 0. The van der Waals surface area contributed by atoms with Crippen LogP contribution in [0.25, 0.3) is 0 Å². The molecule has 4 aromatic rings. The van der Waals surface area contributed by atoms with Gasteiger partial charge in [0.1, 0.15) is 17.2 Å². The second-order valence-electron chi connectivity index (χ2n) is 8.96. The first-order chi connectivity index (χ1) is 15.7. The van der Waals surface area contributed by atoms with E-state index >= 15 is 0 Å². The number of phenols is 3. The van der Waals surface area contributed by atoms with E-state index in [2.05, 4.69) is 31.2 Å². The van der Waals surface area contributed by atoms with Crippen molar-refractivity contribution < 1.29 is 15.3 Å². The minimum atomic E-state index is -0.0242. The van der Waals surface area contributed by atoms with Crippen molar-refractivity contribution in [3.8, 4) is 17.2 Å². The van der Waals surface area contributed by atoms with Gasteiger partial charge in [-0.1, -0.05) is 67.6 Å². The zero-order valence-corrected chi connectivity index (χ0v) is 19.5. The lowest BCUT2D eigenvalue weighted by molar-refractivity contribution is 0.470. The summed E-state index contributed by atoms with van der Waals surface area (Å²) in [6.45, 7) is 7.90. The Bertz CT molecular complexity index is 1240.